The average Bonchev–Trinajstić information content (AvgIpc) is 3.05. The van der Waals surface area contributed by atoms with E-state index in [0.29, 0.717) is 11.3 Å². The molecule has 27 heavy (non-hydrogen) atoms. The molecule has 0 saturated carbocycles. The molecule has 0 radical (unpaired) electrons. The molecule has 0 fully saturated rings. The van der Waals surface area contributed by atoms with Crippen molar-refractivity contribution in [3.05, 3.63) is 72.3 Å². The van der Waals surface area contributed by atoms with Gasteiger partial charge in [0.1, 0.15) is 17.3 Å². The summed E-state index contributed by atoms with van der Waals surface area (Å²) >= 11 is 0. The fourth-order valence-electron chi connectivity index (χ4n) is 2.66. The van der Waals surface area contributed by atoms with Crippen molar-refractivity contribution >= 4 is 5.78 Å². The summed E-state index contributed by atoms with van der Waals surface area (Å²) in [5.74, 6) is -1.25. The van der Waals surface area contributed by atoms with Crippen LogP contribution in [0.3, 0.4) is 0 Å². The fourth-order valence-corrected chi connectivity index (χ4v) is 2.66. The van der Waals surface area contributed by atoms with E-state index in [1.165, 1.54) is 41.1 Å². The first-order valence-corrected chi connectivity index (χ1v) is 7.66. The second kappa shape index (κ2) is 6.11. The van der Waals surface area contributed by atoms with Crippen molar-refractivity contribution in [3.63, 3.8) is 0 Å². The van der Waals surface area contributed by atoms with Crippen molar-refractivity contribution in [1.82, 2.24) is 19.4 Å². The molecule has 9 heteroatoms. The number of rotatable bonds is 2. The Labute approximate surface area is 149 Å². The minimum Gasteiger partial charge on any atom is -0.284 e. The van der Waals surface area contributed by atoms with E-state index in [9.17, 15) is 22.0 Å². The average molecular weight is 376 g/mol. The van der Waals surface area contributed by atoms with Crippen LogP contribution in [0, 0.1) is 11.6 Å². The summed E-state index contributed by atoms with van der Waals surface area (Å²) in [4.78, 5) is 11.3. The van der Waals surface area contributed by atoms with Crippen LogP contribution >= 0.6 is 0 Å². The van der Waals surface area contributed by atoms with E-state index in [2.05, 4.69) is 15.0 Å². The van der Waals surface area contributed by atoms with Gasteiger partial charge in [0.25, 0.3) is 0 Å². The molecule has 0 bridgehead atoms. The van der Waals surface area contributed by atoms with E-state index < -0.39 is 23.5 Å². The highest BCUT2D eigenvalue weighted by Gasteiger charge is 2.33. The zero-order valence-corrected chi connectivity index (χ0v) is 13.4. The molecule has 3 heterocycles. The van der Waals surface area contributed by atoms with Gasteiger partial charge in [0.15, 0.2) is 0 Å². The molecular formula is C18H9F5N4. The third kappa shape index (κ3) is 3.12. The molecule has 4 rings (SSSR count). The van der Waals surface area contributed by atoms with E-state index >= 15 is 0 Å². The zero-order chi connectivity index (χ0) is 19.2. The van der Waals surface area contributed by atoms with Gasteiger partial charge in [0.05, 0.1) is 23.8 Å². The highest BCUT2D eigenvalue weighted by atomic mass is 19.4. The molecule has 0 N–H and O–H groups in total. The van der Waals surface area contributed by atoms with Crippen molar-refractivity contribution in [2.24, 2.45) is 0 Å². The molecule has 0 saturated heterocycles. The summed E-state index contributed by atoms with van der Waals surface area (Å²) in [6.45, 7) is 0. The summed E-state index contributed by atoms with van der Waals surface area (Å²) in [5, 5.41) is 0. The number of hydrogen-bond acceptors (Lipinski definition) is 3. The van der Waals surface area contributed by atoms with Crippen LogP contribution in [0.2, 0.25) is 0 Å². The van der Waals surface area contributed by atoms with Crippen LogP contribution < -0.4 is 0 Å². The molecule has 4 aromatic rings. The van der Waals surface area contributed by atoms with Crippen LogP contribution in [0.4, 0.5) is 22.0 Å². The third-order valence-electron chi connectivity index (χ3n) is 3.94. The summed E-state index contributed by atoms with van der Waals surface area (Å²) in [7, 11) is 0. The number of alkyl halides is 3. The van der Waals surface area contributed by atoms with Gasteiger partial charge in [-0.25, -0.2) is 18.7 Å². The van der Waals surface area contributed by atoms with Crippen LogP contribution in [0.25, 0.3) is 28.3 Å². The Balaban J connectivity index is 1.82. The number of imidazole rings is 1. The van der Waals surface area contributed by atoms with Crippen molar-refractivity contribution in [2.75, 3.05) is 0 Å². The Bertz CT molecular complexity index is 1130. The maximum absolute atomic E-state index is 14.2. The van der Waals surface area contributed by atoms with Gasteiger partial charge in [0, 0.05) is 17.3 Å². The molecule has 0 spiro atoms. The van der Waals surface area contributed by atoms with Crippen molar-refractivity contribution in [1.29, 1.82) is 0 Å². The molecule has 0 aliphatic heterocycles. The summed E-state index contributed by atoms with van der Waals surface area (Å²) in [5.41, 5.74) is 0.216. The smallest absolute Gasteiger partial charge is 0.284 e. The molecule has 4 nitrogen and oxygen atoms in total. The Kier molecular flexibility index (Phi) is 3.87. The first-order valence-electron chi connectivity index (χ1n) is 7.66. The number of halogens is 5. The van der Waals surface area contributed by atoms with E-state index in [1.807, 2.05) is 0 Å². The van der Waals surface area contributed by atoms with Crippen LogP contribution in [-0.2, 0) is 6.18 Å². The molecule has 0 aliphatic carbocycles. The minimum absolute atomic E-state index is 0.127. The van der Waals surface area contributed by atoms with Crippen LogP contribution in [0.1, 0.15) is 5.69 Å². The quantitative estimate of drug-likeness (QED) is 0.474. The van der Waals surface area contributed by atoms with Gasteiger partial charge < -0.3 is 0 Å². The number of fused-ring (bicyclic) bond motifs is 1. The number of benzene rings is 1. The van der Waals surface area contributed by atoms with Crippen LogP contribution in [-0.4, -0.2) is 19.4 Å². The number of nitrogens with zero attached hydrogens (tertiary/aromatic N) is 4. The molecule has 3 aromatic heterocycles. The predicted octanol–water partition coefficient (Wildman–Crippen LogP) is 4.76. The summed E-state index contributed by atoms with van der Waals surface area (Å²) in [6.07, 6.45) is -1.06. The summed E-state index contributed by atoms with van der Waals surface area (Å²) < 4.78 is 67.0. The van der Waals surface area contributed by atoms with Gasteiger partial charge in [-0.3, -0.25) is 9.38 Å². The zero-order valence-electron chi connectivity index (χ0n) is 13.4. The van der Waals surface area contributed by atoms with Gasteiger partial charge in [-0.2, -0.15) is 13.2 Å². The van der Waals surface area contributed by atoms with E-state index in [-0.39, 0.29) is 17.0 Å². The molecule has 136 valence electrons. The maximum Gasteiger partial charge on any atom is 0.433 e. The molecule has 0 amide bonds. The van der Waals surface area contributed by atoms with E-state index in [0.717, 1.165) is 18.3 Å². The topological polar surface area (TPSA) is 43.1 Å². The van der Waals surface area contributed by atoms with Crippen LogP contribution in [0.5, 0.6) is 0 Å². The Morgan fingerprint density at radius 2 is 1.70 bits per heavy atom. The Morgan fingerprint density at radius 1 is 0.889 bits per heavy atom. The number of pyridine rings is 1. The molecule has 0 unspecified atom stereocenters. The lowest BCUT2D eigenvalue weighted by atomic mass is 10.0. The minimum atomic E-state index is -4.58. The number of hydrogen-bond donors (Lipinski definition) is 0. The van der Waals surface area contributed by atoms with Crippen LogP contribution in [0.15, 0.2) is 55.0 Å². The monoisotopic (exact) mass is 376 g/mol. The van der Waals surface area contributed by atoms with Crippen molar-refractivity contribution in [3.8, 4) is 22.5 Å². The Morgan fingerprint density at radius 3 is 2.41 bits per heavy atom. The second-order valence-electron chi connectivity index (χ2n) is 5.68. The van der Waals surface area contributed by atoms with Gasteiger partial charge in [-0.1, -0.05) is 0 Å². The molecular weight excluding hydrogens is 367 g/mol. The van der Waals surface area contributed by atoms with Gasteiger partial charge >= 0.3 is 6.18 Å². The van der Waals surface area contributed by atoms with E-state index in [4.69, 9.17) is 0 Å². The SMILES string of the molecule is Fc1ccc(-c2cc(-c3cnc4nc(C(F)(F)F)ccn34)ccc2F)nc1. The van der Waals surface area contributed by atoms with Gasteiger partial charge in [-0.05, 0) is 36.4 Å². The normalized spacial score (nSPS) is 11.9. The highest BCUT2D eigenvalue weighted by molar-refractivity contribution is 5.71. The lowest BCUT2D eigenvalue weighted by Gasteiger charge is -2.08. The molecule has 1 aromatic carbocycles. The van der Waals surface area contributed by atoms with Crippen molar-refractivity contribution < 1.29 is 22.0 Å². The summed E-state index contributed by atoms with van der Waals surface area (Å²) in [6, 6.07) is 7.46. The number of aromatic nitrogens is 4. The standard InChI is InChI=1S/C18H9F5N4/c19-11-2-4-14(24-8-11)12-7-10(1-3-13(12)20)15-9-25-17-26-16(18(21,22)23)5-6-27(15)17/h1-9H. The van der Waals surface area contributed by atoms with E-state index in [1.54, 1.807) is 0 Å². The largest absolute Gasteiger partial charge is 0.433 e. The lowest BCUT2D eigenvalue weighted by Crippen LogP contribution is -2.09. The van der Waals surface area contributed by atoms with Crippen molar-refractivity contribution in [2.45, 2.75) is 6.18 Å². The lowest BCUT2D eigenvalue weighted by molar-refractivity contribution is -0.141. The Hall–Kier alpha value is -3.36. The fraction of sp³-hybridized carbons (Fsp3) is 0.0556. The first-order chi connectivity index (χ1) is 12.8. The maximum atomic E-state index is 14.2. The second-order valence-corrected chi connectivity index (χ2v) is 5.68. The third-order valence-corrected chi connectivity index (χ3v) is 3.94. The molecule has 0 atom stereocenters. The first kappa shape index (κ1) is 17.1. The van der Waals surface area contributed by atoms with Gasteiger partial charge in [0.2, 0.25) is 5.78 Å². The molecule has 0 aliphatic rings. The predicted molar refractivity (Wildman–Crippen MR) is 86.6 cm³/mol. The van der Waals surface area contributed by atoms with Gasteiger partial charge in [-0.15, -0.1) is 0 Å². The highest BCUT2D eigenvalue weighted by Crippen LogP contribution is 2.30.